The summed E-state index contributed by atoms with van der Waals surface area (Å²) in [6.07, 6.45) is 3.74. The Morgan fingerprint density at radius 2 is 1.80 bits per heavy atom. The summed E-state index contributed by atoms with van der Waals surface area (Å²) in [5.74, 6) is 0. The van der Waals surface area contributed by atoms with Crippen molar-refractivity contribution in [3.63, 3.8) is 0 Å². The van der Waals surface area contributed by atoms with Gasteiger partial charge in [-0.25, -0.2) is 0 Å². The van der Waals surface area contributed by atoms with E-state index in [-0.39, 0.29) is 0 Å². The fraction of sp³-hybridized carbons (Fsp3) is 0.647. The van der Waals surface area contributed by atoms with Gasteiger partial charge in [-0.3, -0.25) is 0 Å². The van der Waals surface area contributed by atoms with Crippen molar-refractivity contribution >= 4 is 11.4 Å². The van der Waals surface area contributed by atoms with E-state index in [1.54, 1.807) is 0 Å². The van der Waals surface area contributed by atoms with Crippen LogP contribution in [0.15, 0.2) is 24.3 Å². The van der Waals surface area contributed by atoms with Gasteiger partial charge in [0.25, 0.3) is 0 Å². The Bertz CT molecular complexity index is 428. The lowest BCUT2D eigenvalue weighted by atomic mass is 9.87. The number of hydrogen-bond donors (Lipinski definition) is 1. The topological polar surface area (TPSA) is 32.5 Å². The van der Waals surface area contributed by atoms with E-state index >= 15 is 0 Å². The smallest absolute Gasteiger partial charge is 0.0604 e. The molecule has 3 heteroatoms. The van der Waals surface area contributed by atoms with Crippen molar-refractivity contribution in [1.29, 1.82) is 0 Å². The molecule has 0 aromatic heterocycles. The third kappa shape index (κ3) is 3.66. The monoisotopic (exact) mass is 275 g/mol. The second-order valence-electron chi connectivity index (χ2n) is 6.72. The molecule has 1 heterocycles. The highest BCUT2D eigenvalue weighted by atomic mass is 15.2. The summed E-state index contributed by atoms with van der Waals surface area (Å²) in [6.45, 7) is 8.71. The van der Waals surface area contributed by atoms with Crippen LogP contribution in [0.5, 0.6) is 0 Å². The first-order valence-corrected chi connectivity index (χ1v) is 7.79. The van der Waals surface area contributed by atoms with Crippen molar-refractivity contribution < 1.29 is 0 Å². The van der Waals surface area contributed by atoms with E-state index in [4.69, 9.17) is 5.73 Å². The highest BCUT2D eigenvalue weighted by molar-refractivity contribution is 5.72. The van der Waals surface area contributed by atoms with Gasteiger partial charge in [0.2, 0.25) is 0 Å². The molecule has 2 rings (SSSR count). The number of hydrogen-bond acceptors (Lipinski definition) is 3. The van der Waals surface area contributed by atoms with Gasteiger partial charge in [-0.2, -0.15) is 0 Å². The van der Waals surface area contributed by atoms with Crippen LogP contribution in [0.1, 0.15) is 33.1 Å². The van der Waals surface area contributed by atoms with Gasteiger partial charge in [0.05, 0.1) is 11.4 Å². The Morgan fingerprint density at radius 1 is 1.10 bits per heavy atom. The number of fused-ring (bicyclic) bond motifs is 1. The maximum atomic E-state index is 5.79. The van der Waals surface area contributed by atoms with E-state index in [0.717, 1.165) is 26.2 Å². The zero-order chi connectivity index (χ0) is 14.6. The number of nitrogens with two attached hydrogens (primary N) is 1. The quantitative estimate of drug-likeness (QED) is 0.810. The SMILES string of the molecule is CN1CCN(CCCCC(C)(C)CN)c2ccccc21. The average molecular weight is 275 g/mol. The van der Waals surface area contributed by atoms with Crippen molar-refractivity contribution in [3.8, 4) is 0 Å². The predicted molar refractivity (Wildman–Crippen MR) is 88.6 cm³/mol. The molecule has 0 atom stereocenters. The van der Waals surface area contributed by atoms with Crippen molar-refractivity contribution in [1.82, 2.24) is 0 Å². The summed E-state index contributed by atoms with van der Waals surface area (Å²) in [7, 11) is 2.18. The molecule has 2 N–H and O–H groups in total. The minimum atomic E-state index is 0.292. The van der Waals surface area contributed by atoms with Crippen LogP contribution < -0.4 is 15.5 Å². The summed E-state index contributed by atoms with van der Waals surface area (Å²) in [5, 5.41) is 0. The van der Waals surface area contributed by atoms with E-state index in [2.05, 4.69) is 55.0 Å². The molecule has 20 heavy (non-hydrogen) atoms. The number of likely N-dealkylation sites (N-methyl/N-ethyl adjacent to an activating group) is 1. The minimum absolute atomic E-state index is 0.292. The summed E-state index contributed by atoms with van der Waals surface area (Å²) in [5.41, 5.74) is 8.84. The fourth-order valence-corrected chi connectivity index (χ4v) is 2.81. The van der Waals surface area contributed by atoms with E-state index in [1.165, 1.54) is 30.6 Å². The Morgan fingerprint density at radius 3 is 2.50 bits per heavy atom. The molecule has 0 fully saturated rings. The van der Waals surface area contributed by atoms with Gasteiger partial charge in [0, 0.05) is 26.7 Å². The Labute approximate surface area is 123 Å². The van der Waals surface area contributed by atoms with Gasteiger partial charge in [0.1, 0.15) is 0 Å². The molecule has 1 aromatic rings. The van der Waals surface area contributed by atoms with Crippen molar-refractivity contribution in [2.75, 3.05) is 43.0 Å². The van der Waals surface area contributed by atoms with E-state index in [0.29, 0.717) is 5.41 Å². The maximum absolute atomic E-state index is 5.79. The molecule has 1 aliphatic rings. The zero-order valence-electron chi connectivity index (χ0n) is 13.2. The lowest BCUT2D eigenvalue weighted by Gasteiger charge is -2.37. The van der Waals surface area contributed by atoms with Crippen LogP contribution in [0, 0.1) is 5.41 Å². The summed E-state index contributed by atoms with van der Waals surface area (Å²) in [4.78, 5) is 4.88. The van der Waals surface area contributed by atoms with Gasteiger partial charge in [-0.05, 0) is 36.9 Å². The van der Waals surface area contributed by atoms with Crippen LogP contribution in [0.4, 0.5) is 11.4 Å². The maximum Gasteiger partial charge on any atom is 0.0604 e. The third-order valence-electron chi connectivity index (χ3n) is 4.42. The van der Waals surface area contributed by atoms with Gasteiger partial charge in [-0.1, -0.05) is 32.4 Å². The molecule has 0 bridgehead atoms. The number of unbranched alkanes of at least 4 members (excludes halogenated alkanes) is 1. The highest BCUT2D eigenvalue weighted by Crippen LogP contribution is 2.32. The number of nitrogens with zero attached hydrogens (tertiary/aromatic N) is 2. The first-order valence-electron chi connectivity index (χ1n) is 7.79. The van der Waals surface area contributed by atoms with Crippen LogP contribution in [0.25, 0.3) is 0 Å². The van der Waals surface area contributed by atoms with Crippen LogP contribution in [0.3, 0.4) is 0 Å². The third-order valence-corrected chi connectivity index (χ3v) is 4.42. The molecule has 0 spiro atoms. The summed E-state index contributed by atoms with van der Waals surface area (Å²) in [6, 6.07) is 8.74. The Kier molecular flexibility index (Phi) is 4.92. The zero-order valence-corrected chi connectivity index (χ0v) is 13.2. The largest absolute Gasteiger partial charge is 0.371 e. The number of benzene rings is 1. The second-order valence-corrected chi connectivity index (χ2v) is 6.72. The van der Waals surface area contributed by atoms with E-state index < -0.39 is 0 Å². The van der Waals surface area contributed by atoms with Crippen molar-refractivity contribution in [3.05, 3.63) is 24.3 Å². The molecule has 1 aromatic carbocycles. The minimum Gasteiger partial charge on any atom is -0.371 e. The molecule has 0 amide bonds. The van der Waals surface area contributed by atoms with Crippen LogP contribution >= 0.6 is 0 Å². The van der Waals surface area contributed by atoms with Gasteiger partial charge in [-0.15, -0.1) is 0 Å². The van der Waals surface area contributed by atoms with Crippen LogP contribution in [-0.2, 0) is 0 Å². The first kappa shape index (κ1) is 15.2. The molecule has 0 saturated carbocycles. The molecule has 0 radical (unpaired) electrons. The standard InChI is InChI=1S/C17H29N3/c1-17(2,14-18)10-6-7-11-20-13-12-19(3)15-8-4-5-9-16(15)20/h4-5,8-9H,6-7,10-14,18H2,1-3H3. The first-order chi connectivity index (χ1) is 9.53. The van der Waals surface area contributed by atoms with Gasteiger partial charge >= 0.3 is 0 Å². The van der Waals surface area contributed by atoms with Gasteiger partial charge < -0.3 is 15.5 Å². The summed E-state index contributed by atoms with van der Waals surface area (Å²) < 4.78 is 0. The van der Waals surface area contributed by atoms with E-state index in [1.807, 2.05) is 0 Å². The Balaban J connectivity index is 1.87. The number of anilines is 2. The molecule has 3 nitrogen and oxygen atoms in total. The lowest BCUT2D eigenvalue weighted by Crippen LogP contribution is -2.39. The molecule has 0 aliphatic carbocycles. The van der Waals surface area contributed by atoms with Gasteiger partial charge in [0.15, 0.2) is 0 Å². The van der Waals surface area contributed by atoms with Crippen LogP contribution in [-0.4, -0.2) is 33.2 Å². The number of para-hydroxylation sites is 2. The van der Waals surface area contributed by atoms with E-state index in [9.17, 15) is 0 Å². The molecule has 112 valence electrons. The number of rotatable bonds is 6. The summed E-state index contributed by atoms with van der Waals surface area (Å²) >= 11 is 0. The second kappa shape index (κ2) is 6.49. The average Bonchev–Trinajstić information content (AvgIpc) is 2.46. The molecular formula is C17H29N3. The Hall–Kier alpha value is -1.22. The van der Waals surface area contributed by atoms with Crippen molar-refractivity contribution in [2.45, 2.75) is 33.1 Å². The lowest BCUT2D eigenvalue weighted by molar-refractivity contribution is 0.333. The van der Waals surface area contributed by atoms with Crippen LogP contribution in [0.2, 0.25) is 0 Å². The molecular weight excluding hydrogens is 246 g/mol. The van der Waals surface area contributed by atoms with Crippen molar-refractivity contribution in [2.24, 2.45) is 11.1 Å². The highest BCUT2D eigenvalue weighted by Gasteiger charge is 2.20. The fourth-order valence-electron chi connectivity index (χ4n) is 2.81. The molecule has 0 saturated heterocycles. The molecule has 0 unspecified atom stereocenters. The normalized spacial score (nSPS) is 15.4. The molecule has 1 aliphatic heterocycles. The predicted octanol–water partition coefficient (Wildman–Crippen LogP) is 3.10.